The summed E-state index contributed by atoms with van der Waals surface area (Å²) in [7, 11) is 0. The topological polar surface area (TPSA) is 0 Å². The first-order valence-electron chi connectivity index (χ1n) is 7.34. The van der Waals surface area contributed by atoms with Crippen LogP contribution in [0.4, 0.5) is 0 Å². The molecule has 0 aliphatic carbocycles. The van der Waals surface area contributed by atoms with Crippen molar-refractivity contribution in [3.05, 3.63) is 95.1 Å². The molecule has 3 rings (SSSR count). The Kier molecular flexibility index (Phi) is 4.91. The fraction of sp³-hybridized carbons (Fsp3) is 0.100. The molecule has 0 saturated heterocycles. The van der Waals surface area contributed by atoms with Gasteiger partial charge in [0.25, 0.3) is 0 Å². The number of hydrogen-bond donors (Lipinski definition) is 2. The van der Waals surface area contributed by atoms with Gasteiger partial charge < -0.3 is 0 Å². The Labute approximate surface area is 143 Å². The minimum absolute atomic E-state index is 0.920. The Morgan fingerprint density at radius 1 is 0.500 bits per heavy atom. The first-order chi connectivity index (χ1) is 10.7. The van der Waals surface area contributed by atoms with E-state index in [4.69, 9.17) is 0 Å². The van der Waals surface area contributed by atoms with Crippen LogP contribution in [0.1, 0.15) is 22.3 Å². The SMILES string of the molecule is Sc1ccccc1Cc1ccc(Cc2ccccc2S)cc1. The van der Waals surface area contributed by atoms with Crippen LogP contribution in [-0.4, -0.2) is 0 Å². The molecule has 0 aliphatic heterocycles. The Hall–Kier alpha value is -1.64. The third kappa shape index (κ3) is 3.76. The van der Waals surface area contributed by atoms with Crippen molar-refractivity contribution in [3.63, 3.8) is 0 Å². The van der Waals surface area contributed by atoms with Gasteiger partial charge in [-0.2, -0.15) is 0 Å². The Balaban J connectivity index is 1.73. The largest absolute Gasteiger partial charge is 0.143 e. The van der Waals surface area contributed by atoms with E-state index in [1.54, 1.807) is 0 Å². The van der Waals surface area contributed by atoms with Gasteiger partial charge in [-0.1, -0.05) is 60.7 Å². The van der Waals surface area contributed by atoms with Gasteiger partial charge in [0.15, 0.2) is 0 Å². The van der Waals surface area contributed by atoms with Gasteiger partial charge in [-0.3, -0.25) is 0 Å². The maximum absolute atomic E-state index is 4.52. The summed E-state index contributed by atoms with van der Waals surface area (Å²) in [5.74, 6) is 0. The van der Waals surface area contributed by atoms with Crippen molar-refractivity contribution < 1.29 is 0 Å². The van der Waals surface area contributed by atoms with Gasteiger partial charge in [0.2, 0.25) is 0 Å². The highest BCUT2D eigenvalue weighted by atomic mass is 32.1. The van der Waals surface area contributed by atoms with Gasteiger partial charge in [-0.25, -0.2) is 0 Å². The molecule has 3 aromatic rings. The lowest BCUT2D eigenvalue weighted by Crippen LogP contribution is -1.93. The molecule has 110 valence electrons. The molecule has 0 saturated carbocycles. The van der Waals surface area contributed by atoms with Gasteiger partial charge in [0.1, 0.15) is 0 Å². The lowest BCUT2D eigenvalue weighted by Gasteiger charge is -2.08. The van der Waals surface area contributed by atoms with E-state index in [2.05, 4.69) is 73.8 Å². The average Bonchev–Trinajstić information content (AvgIpc) is 2.54. The first-order valence-corrected chi connectivity index (χ1v) is 8.23. The summed E-state index contributed by atoms with van der Waals surface area (Å²) in [5, 5.41) is 0. The van der Waals surface area contributed by atoms with Crippen molar-refractivity contribution >= 4 is 25.3 Å². The maximum atomic E-state index is 4.52. The average molecular weight is 322 g/mol. The number of benzene rings is 3. The predicted octanol–water partition coefficient (Wildman–Crippen LogP) is 5.45. The van der Waals surface area contributed by atoms with E-state index in [1.165, 1.54) is 22.3 Å². The van der Waals surface area contributed by atoms with E-state index >= 15 is 0 Å². The van der Waals surface area contributed by atoms with Crippen molar-refractivity contribution in [1.82, 2.24) is 0 Å². The van der Waals surface area contributed by atoms with E-state index in [9.17, 15) is 0 Å². The molecule has 0 unspecified atom stereocenters. The van der Waals surface area contributed by atoms with Crippen LogP contribution >= 0.6 is 25.3 Å². The van der Waals surface area contributed by atoms with Gasteiger partial charge in [-0.05, 0) is 47.2 Å². The van der Waals surface area contributed by atoms with Crippen molar-refractivity contribution in [1.29, 1.82) is 0 Å². The second-order valence-corrected chi connectivity index (χ2v) is 6.39. The first kappa shape index (κ1) is 15.3. The minimum atomic E-state index is 0.920. The summed E-state index contributed by atoms with van der Waals surface area (Å²) in [6.45, 7) is 0. The fourth-order valence-electron chi connectivity index (χ4n) is 2.54. The maximum Gasteiger partial charge on any atom is 0.00754 e. The lowest BCUT2D eigenvalue weighted by molar-refractivity contribution is 1.10. The van der Waals surface area contributed by atoms with Crippen LogP contribution in [-0.2, 0) is 12.8 Å². The molecule has 0 amide bonds. The van der Waals surface area contributed by atoms with Crippen molar-refractivity contribution in [2.75, 3.05) is 0 Å². The normalized spacial score (nSPS) is 10.6. The quantitative estimate of drug-likeness (QED) is 0.587. The van der Waals surface area contributed by atoms with Crippen molar-refractivity contribution in [2.45, 2.75) is 22.6 Å². The molecule has 0 nitrogen and oxygen atoms in total. The summed E-state index contributed by atoms with van der Waals surface area (Å²) in [6.07, 6.45) is 1.84. The highest BCUT2D eigenvalue weighted by molar-refractivity contribution is 7.80. The van der Waals surface area contributed by atoms with E-state index in [0.717, 1.165) is 22.6 Å². The third-order valence-corrected chi connectivity index (χ3v) is 4.67. The van der Waals surface area contributed by atoms with Gasteiger partial charge in [0, 0.05) is 9.79 Å². The van der Waals surface area contributed by atoms with Crippen LogP contribution in [0.15, 0.2) is 82.6 Å². The molecule has 3 aromatic carbocycles. The van der Waals surface area contributed by atoms with Crippen LogP contribution in [0.5, 0.6) is 0 Å². The van der Waals surface area contributed by atoms with E-state index in [1.807, 2.05) is 24.3 Å². The Bertz CT molecular complexity index is 694. The zero-order chi connectivity index (χ0) is 15.4. The zero-order valence-corrected chi connectivity index (χ0v) is 14.0. The van der Waals surface area contributed by atoms with Crippen LogP contribution in [0.25, 0.3) is 0 Å². The Morgan fingerprint density at radius 2 is 0.864 bits per heavy atom. The molecular weight excluding hydrogens is 304 g/mol. The van der Waals surface area contributed by atoms with Crippen LogP contribution < -0.4 is 0 Å². The molecule has 22 heavy (non-hydrogen) atoms. The van der Waals surface area contributed by atoms with Crippen LogP contribution in [0, 0.1) is 0 Å². The molecule has 0 bridgehead atoms. The molecule has 0 atom stereocenters. The number of rotatable bonds is 4. The molecule has 0 heterocycles. The van der Waals surface area contributed by atoms with E-state index in [-0.39, 0.29) is 0 Å². The summed E-state index contributed by atoms with van der Waals surface area (Å²) in [4.78, 5) is 2.10. The van der Waals surface area contributed by atoms with Crippen molar-refractivity contribution in [2.24, 2.45) is 0 Å². The standard InChI is InChI=1S/C20H18S2/c21-19-7-3-1-5-17(19)13-15-9-11-16(12-10-15)14-18-6-2-4-8-20(18)22/h1-12,21-22H,13-14H2. The molecule has 2 heteroatoms. The Morgan fingerprint density at radius 3 is 1.23 bits per heavy atom. The molecular formula is C20H18S2. The fourth-order valence-corrected chi connectivity index (χ4v) is 3.01. The van der Waals surface area contributed by atoms with Crippen molar-refractivity contribution in [3.8, 4) is 0 Å². The second-order valence-electron chi connectivity index (χ2n) is 5.43. The van der Waals surface area contributed by atoms with Gasteiger partial charge in [-0.15, -0.1) is 25.3 Å². The summed E-state index contributed by atoms with van der Waals surface area (Å²) < 4.78 is 0. The van der Waals surface area contributed by atoms with E-state index in [0.29, 0.717) is 0 Å². The van der Waals surface area contributed by atoms with E-state index < -0.39 is 0 Å². The summed E-state index contributed by atoms with van der Waals surface area (Å²) >= 11 is 9.03. The molecule has 0 aromatic heterocycles. The molecule has 0 aliphatic rings. The van der Waals surface area contributed by atoms with Gasteiger partial charge >= 0.3 is 0 Å². The zero-order valence-electron chi connectivity index (χ0n) is 12.2. The van der Waals surface area contributed by atoms with Crippen LogP contribution in [0.3, 0.4) is 0 Å². The second kappa shape index (κ2) is 7.08. The molecule has 0 spiro atoms. The smallest absolute Gasteiger partial charge is 0.00754 e. The number of hydrogen-bond acceptors (Lipinski definition) is 2. The van der Waals surface area contributed by atoms with Gasteiger partial charge in [0.05, 0.1) is 0 Å². The summed E-state index contributed by atoms with van der Waals surface area (Å²) in [6, 6.07) is 25.3. The lowest BCUT2D eigenvalue weighted by atomic mass is 10.0. The third-order valence-electron chi connectivity index (χ3n) is 3.80. The van der Waals surface area contributed by atoms with Crippen LogP contribution in [0.2, 0.25) is 0 Å². The predicted molar refractivity (Wildman–Crippen MR) is 99.4 cm³/mol. The minimum Gasteiger partial charge on any atom is -0.143 e. The summed E-state index contributed by atoms with van der Waals surface area (Å²) in [5.41, 5.74) is 5.15. The highest BCUT2D eigenvalue weighted by Gasteiger charge is 2.02. The monoisotopic (exact) mass is 322 g/mol. The number of thiol groups is 2. The highest BCUT2D eigenvalue weighted by Crippen LogP contribution is 2.20. The molecule has 0 radical (unpaired) electrons. The molecule has 0 N–H and O–H groups in total. The molecule has 0 fully saturated rings.